The number of aromatic nitrogens is 6. The van der Waals surface area contributed by atoms with Gasteiger partial charge in [-0.1, -0.05) is 0 Å². The molecule has 5 N–H and O–H groups in total. The minimum Gasteiger partial charge on any atom is -0.504 e. The van der Waals surface area contributed by atoms with Crippen molar-refractivity contribution in [3.8, 4) is 39.8 Å². The number of nitrogens with zero attached hydrogens (tertiary/aromatic N) is 6. The zero-order valence-corrected chi connectivity index (χ0v) is 22.4. The fourth-order valence-corrected chi connectivity index (χ4v) is 4.80. The Labute approximate surface area is 235 Å². The number of aromatic hydroxyl groups is 1. The molecule has 0 saturated carbocycles. The second-order valence-corrected chi connectivity index (χ2v) is 9.90. The van der Waals surface area contributed by atoms with Gasteiger partial charge in [0, 0.05) is 36.6 Å². The van der Waals surface area contributed by atoms with Crippen molar-refractivity contribution in [2.45, 2.75) is 26.1 Å². The molecule has 0 bridgehead atoms. The van der Waals surface area contributed by atoms with E-state index in [-0.39, 0.29) is 29.6 Å². The molecule has 41 heavy (non-hydrogen) atoms. The molecule has 0 aliphatic carbocycles. The molecule has 1 saturated heterocycles. The van der Waals surface area contributed by atoms with Crippen LogP contribution in [-0.4, -0.2) is 60.3 Å². The van der Waals surface area contributed by atoms with Crippen LogP contribution in [-0.2, 0) is 4.74 Å². The summed E-state index contributed by atoms with van der Waals surface area (Å²) < 4.78 is 19.4. The molecule has 11 nitrogen and oxygen atoms in total. The van der Waals surface area contributed by atoms with Crippen molar-refractivity contribution in [2.75, 3.05) is 29.0 Å². The summed E-state index contributed by atoms with van der Waals surface area (Å²) in [4.78, 5) is 28.0. The second-order valence-electron chi connectivity index (χ2n) is 9.90. The number of ether oxygens (including phenoxy) is 1. The van der Waals surface area contributed by atoms with Gasteiger partial charge in [0.2, 0.25) is 5.95 Å². The van der Waals surface area contributed by atoms with Crippen molar-refractivity contribution < 1.29 is 14.2 Å². The van der Waals surface area contributed by atoms with E-state index in [0.29, 0.717) is 40.0 Å². The lowest BCUT2D eigenvalue weighted by atomic mass is 10.1. The van der Waals surface area contributed by atoms with Crippen LogP contribution in [0.25, 0.3) is 34.0 Å². The van der Waals surface area contributed by atoms with Gasteiger partial charge in [-0.15, -0.1) is 0 Å². The Hall–Kier alpha value is -5.10. The summed E-state index contributed by atoms with van der Waals surface area (Å²) in [6.45, 7) is 5.68. The van der Waals surface area contributed by atoms with E-state index in [4.69, 9.17) is 20.4 Å². The van der Waals surface area contributed by atoms with E-state index >= 15 is 0 Å². The molecule has 5 aromatic rings. The fourth-order valence-electron chi connectivity index (χ4n) is 4.80. The third-order valence-corrected chi connectivity index (χ3v) is 6.65. The van der Waals surface area contributed by atoms with Crippen molar-refractivity contribution in [3.63, 3.8) is 0 Å². The molecule has 1 aliphatic heterocycles. The van der Waals surface area contributed by atoms with Gasteiger partial charge in [0.25, 0.3) is 0 Å². The number of halogens is 1. The Morgan fingerprint density at radius 3 is 2.46 bits per heavy atom. The number of nitrogen functional groups attached to an aromatic ring is 1. The quantitative estimate of drug-likeness (QED) is 0.231. The number of morpholine rings is 1. The van der Waals surface area contributed by atoms with Gasteiger partial charge in [-0.05, 0) is 62.4 Å². The van der Waals surface area contributed by atoms with Crippen molar-refractivity contribution in [3.05, 3.63) is 72.9 Å². The Balaban J connectivity index is 1.31. The first kappa shape index (κ1) is 26.1. The number of benzene rings is 1. The predicted molar refractivity (Wildman–Crippen MR) is 154 cm³/mol. The maximum absolute atomic E-state index is 13.6. The van der Waals surface area contributed by atoms with Crippen LogP contribution < -0.4 is 16.0 Å². The second kappa shape index (κ2) is 10.8. The lowest BCUT2D eigenvalue weighted by Crippen LogP contribution is -2.45. The molecule has 6 rings (SSSR count). The highest BCUT2D eigenvalue weighted by molar-refractivity contribution is 5.81. The van der Waals surface area contributed by atoms with E-state index in [1.165, 1.54) is 24.4 Å². The number of hydrogen-bond donors (Lipinski definition) is 4. The number of rotatable bonds is 6. The number of aromatic amines is 1. The average molecular weight is 554 g/mol. The molecule has 1 aromatic carbocycles. The number of anilines is 4. The van der Waals surface area contributed by atoms with E-state index in [2.05, 4.69) is 44.0 Å². The monoisotopic (exact) mass is 553 g/mol. The van der Waals surface area contributed by atoms with Crippen molar-refractivity contribution >= 4 is 23.3 Å². The molecule has 5 heterocycles. The third kappa shape index (κ3) is 5.63. The molecule has 0 unspecified atom stereocenters. The molecule has 208 valence electrons. The molecular weight excluding hydrogens is 525 g/mol. The number of pyridine rings is 2. The van der Waals surface area contributed by atoms with Crippen LogP contribution in [0.2, 0.25) is 0 Å². The van der Waals surface area contributed by atoms with Gasteiger partial charge in [-0.3, -0.25) is 0 Å². The smallest absolute Gasteiger partial charge is 0.227 e. The van der Waals surface area contributed by atoms with Gasteiger partial charge in [0.1, 0.15) is 23.2 Å². The van der Waals surface area contributed by atoms with Crippen LogP contribution in [0.1, 0.15) is 13.8 Å². The largest absolute Gasteiger partial charge is 0.504 e. The van der Waals surface area contributed by atoms with Crippen LogP contribution in [0.3, 0.4) is 0 Å². The first-order chi connectivity index (χ1) is 19.8. The van der Waals surface area contributed by atoms with E-state index < -0.39 is 0 Å². The SMILES string of the molecule is C[C@@H]1CN(c2ccc(Nc3nccc(-c4nc(-c5ccc(F)cc5)[nH]c4-c4cnc(N)c(O)c4)n3)cn2)C[C@H](C)O1. The van der Waals surface area contributed by atoms with E-state index in [1.807, 2.05) is 12.1 Å². The van der Waals surface area contributed by atoms with E-state index in [9.17, 15) is 9.50 Å². The number of imidazole rings is 1. The van der Waals surface area contributed by atoms with Crippen molar-refractivity contribution in [2.24, 2.45) is 0 Å². The highest BCUT2D eigenvalue weighted by atomic mass is 19.1. The Morgan fingerprint density at radius 1 is 0.976 bits per heavy atom. The lowest BCUT2D eigenvalue weighted by Gasteiger charge is -2.36. The Morgan fingerprint density at radius 2 is 1.76 bits per heavy atom. The minimum absolute atomic E-state index is 0.0133. The Kier molecular flexibility index (Phi) is 6.89. The highest BCUT2D eigenvalue weighted by Gasteiger charge is 2.23. The third-order valence-electron chi connectivity index (χ3n) is 6.65. The summed E-state index contributed by atoms with van der Waals surface area (Å²) in [6.07, 6.45) is 5.17. The molecular formula is C29H28FN9O2. The minimum atomic E-state index is -0.350. The standard InChI is InChI=1S/C29H28FN9O2/c1-16-14-39(15-17(2)41-16)24-8-7-21(13-33-24)35-29-32-10-9-22(36-29)26-25(19-11-23(40)27(31)34-12-19)37-28(38-26)18-3-5-20(30)6-4-18/h3-13,16-17,40H,14-15H2,1-2H3,(H2,31,34)(H,37,38)(H,32,35,36)/t16-,17+. The average Bonchev–Trinajstić information content (AvgIpc) is 3.41. The molecule has 0 radical (unpaired) electrons. The van der Waals surface area contributed by atoms with Gasteiger partial charge in [0.15, 0.2) is 11.6 Å². The predicted octanol–water partition coefficient (Wildman–Crippen LogP) is 4.77. The molecule has 1 aliphatic rings. The topological polar surface area (TPSA) is 151 Å². The van der Waals surface area contributed by atoms with Crippen LogP contribution in [0.5, 0.6) is 5.75 Å². The molecule has 0 spiro atoms. The highest BCUT2D eigenvalue weighted by Crippen LogP contribution is 2.34. The summed E-state index contributed by atoms with van der Waals surface area (Å²) in [6, 6.07) is 13.1. The van der Waals surface area contributed by atoms with Gasteiger partial charge in [0.05, 0.1) is 35.5 Å². The first-order valence-corrected chi connectivity index (χ1v) is 13.1. The molecule has 1 fully saturated rings. The van der Waals surface area contributed by atoms with Crippen LogP contribution in [0, 0.1) is 5.82 Å². The lowest BCUT2D eigenvalue weighted by molar-refractivity contribution is -0.00545. The van der Waals surface area contributed by atoms with E-state index in [1.54, 1.807) is 30.6 Å². The molecule has 2 atom stereocenters. The normalized spacial score (nSPS) is 17.0. The van der Waals surface area contributed by atoms with Crippen molar-refractivity contribution in [1.82, 2.24) is 29.9 Å². The number of hydrogen-bond acceptors (Lipinski definition) is 10. The molecule has 12 heteroatoms. The summed E-state index contributed by atoms with van der Waals surface area (Å²) in [7, 11) is 0. The number of nitrogens with one attached hydrogen (secondary N) is 2. The summed E-state index contributed by atoms with van der Waals surface area (Å²) in [5, 5.41) is 13.4. The fraction of sp³-hybridized carbons (Fsp3) is 0.207. The maximum atomic E-state index is 13.6. The summed E-state index contributed by atoms with van der Waals surface area (Å²) in [5.41, 5.74) is 9.22. The van der Waals surface area contributed by atoms with Crippen LogP contribution >= 0.6 is 0 Å². The maximum Gasteiger partial charge on any atom is 0.227 e. The van der Waals surface area contributed by atoms with Gasteiger partial charge < -0.3 is 30.8 Å². The first-order valence-electron chi connectivity index (χ1n) is 13.1. The summed E-state index contributed by atoms with van der Waals surface area (Å²) >= 11 is 0. The van der Waals surface area contributed by atoms with Gasteiger partial charge in [-0.2, -0.15) is 0 Å². The van der Waals surface area contributed by atoms with Crippen LogP contribution in [0.4, 0.5) is 27.7 Å². The number of nitrogens with two attached hydrogens (primary N) is 1. The van der Waals surface area contributed by atoms with Crippen molar-refractivity contribution in [1.29, 1.82) is 0 Å². The van der Waals surface area contributed by atoms with Crippen LogP contribution in [0.15, 0.2) is 67.1 Å². The Bertz CT molecular complexity index is 1670. The van der Waals surface area contributed by atoms with Gasteiger partial charge >= 0.3 is 0 Å². The molecule has 0 amide bonds. The zero-order chi connectivity index (χ0) is 28.5. The number of H-pyrrole nitrogens is 1. The molecule has 4 aromatic heterocycles. The van der Waals surface area contributed by atoms with Gasteiger partial charge in [-0.25, -0.2) is 29.3 Å². The zero-order valence-electron chi connectivity index (χ0n) is 22.4. The summed E-state index contributed by atoms with van der Waals surface area (Å²) in [5.74, 6) is 1.22. The van der Waals surface area contributed by atoms with E-state index in [0.717, 1.165) is 24.6 Å².